The molecular weight excluding hydrogens is 256 g/mol. The van der Waals surface area contributed by atoms with E-state index < -0.39 is 0 Å². The Kier molecular flexibility index (Phi) is 6.73. The van der Waals surface area contributed by atoms with Crippen molar-refractivity contribution in [1.29, 1.82) is 0 Å². The number of para-hydroxylation sites is 1. The summed E-state index contributed by atoms with van der Waals surface area (Å²) in [5.41, 5.74) is 1.01. The molecule has 5 heteroatoms. The molecule has 0 saturated heterocycles. The molecule has 1 aromatic carbocycles. The molecule has 0 aliphatic heterocycles. The van der Waals surface area contributed by atoms with Gasteiger partial charge < -0.3 is 15.4 Å². The van der Waals surface area contributed by atoms with Gasteiger partial charge in [-0.2, -0.15) is 0 Å². The van der Waals surface area contributed by atoms with Crippen molar-refractivity contribution in [2.45, 2.75) is 20.3 Å². The molecule has 0 fully saturated rings. The Morgan fingerprint density at radius 1 is 1.25 bits per heavy atom. The number of hydrogen-bond donors (Lipinski definition) is 2. The third-order valence-corrected chi connectivity index (χ3v) is 2.76. The van der Waals surface area contributed by atoms with Gasteiger partial charge in [-0.3, -0.25) is 9.59 Å². The Labute approximate surface area is 119 Å². The van der Waals surface area contributed by atoms with Crippen LogP contribution in [0.1, 0.15) is 30.6 Å². The van der Waals surface area contributed by atoms with E-state index in [9.17, 15) is 9.59 Å². The van der Waals surface area contributed by atoms with E-state index in [4.69, 9.17) is 4.74 Å². The van der Waals surface area contributed by atoms with E-state index in [2.05, 4.69) is 10.6 Å². The Balaban J connectivity index is 2.69. The summed E-state index contributed by atoms with van der Waals surface area (Å²) in [5.74, 6) is -0.432. The Hall–Kier alpha value is -1.88. The van der Waals surface area contributed by atoms with Crippen LogP contribution in [-0.4, -0.2) is 32.1 Å². The number of ether oxygens (including phenoxy) is 1. The monoisotopic (exact) mass is 278 g/mol. The third kappa shape index (κ3) is 5.01. The molecule has 0 aromatic heterocycles. The van der Waals surface area contributed by atoms with Crippen LogP contribution in [0.4, 0.5) is 5.69 Å². The van der Waals surface area contributed by atoms with Crippen molar-refractivity contribution in [3.8, 4) is 0 Å². The number of methoxy groups -OCH3 is 1. The second kappa shape index (κ2) is 8.32. The first-order valence-electron chi connectivity index (χ1n) is 6.73. The lowest BCUT2D eigenvalue weighted by atomic mass is 10.1. The summed E-state index contributed by atoms with van der Waals surface area (Å²) in [6, 6.07) is 6.98. The second-order valence-corrected chi connectivity index (χ2v) is 4.79. The molecule has 20 heavy (non-hydrogen) atoms. The van der Waals surface area contributed by atoms with Crippen LogP contribution < -0.4 is 10.6 Å². The molecule has 0 spiro atoms. The summed E-state index contributed by atoms with van der Waals surface area (Å²) in [7, 11) is 1.62. The van der Waals surface area contributed by atoms with Gasteiger partial charge in [0.25, 0.3) is 5.91 Å². The molecular formula is C15H22N2O3. The lowest BCUT2D eigenvalue weighted by Crippen LogP contribution is -2.27. The maximum atomic E-state index is 12.1. The van der Waals surface area contributed by atoms with Crippen molar-refractivity contribution >= 4 is 17.5 Å². The molecule has 0 saturated carbocycles. The number of carbonyl (C=O) groups excluding carboxylic acids is 2. The highest BCUT2D eigenvalue weighted by molar-refractivity contribution is 6.04. The molecule has 0 heterocycles. The van der Waals surface area contributed by atoms with E-state index in [1.807, 2.05) is 13.8 Å². The van der Waals surface area contributed by atoms with E-state index in [1.165, 1.54) is 0 Å². The fraction of sp³-hybridized carbons (Fsp3) is 0.467. The molecule has 110 valence electrons. The van der Waals surface area contributed by atoms with E-state index >= 15 is 0 Å². The van der Waals surface area contributed by atoms with E-state index in [-0.39, 0.29) is 17.7 Å². The molecule has 0 aliphatic rings. The van der Waals surface area contributed by atoms with Crippen molar-refractivity contribution in [3.05, 3.63) is 29.8 Å². The summed E-state index contributed by atoms with van der Waals surface area (Å²) in [4.78, 5) is 23.8. The molecule has 0 atom stereocenters. The lowest BCUT2D eigenvalue weighted by Gasteiger charge is -2.12. The predicted octanol–water partition coefficient (Wildman–Crippen LogP) is 2.05. The minimum atomic E-state index is -0.194. The van der Waals surface area contributed by atoms with Crippen molar-refractivity contribution < 1.29 is 14.3 Å². The van der Waals surface area contributed by atoms with Crippen molar-refractivity contribution in [1.82, 2.24) is 5.32 Å². The number of rotatable bonds is 7. The quantitative estimate of drug-likeness (QED) is 0.750. The van der Waals surface area contributed by atoms with Gasteiger partial charge in [0.1, 0.15) is 0 Å². The van der Waals surface area contributed by atoms with Crippen LogP contribution in [0, 0.1) is 5.92 Å². The predicted molar refractivity (Wildman–Crippen MR) is 78.7 cm³/mol. The SMILES string of the molecule is COCCCNC(=O)c1ccccc1NC(=O)C(C)C. The molecule has 0 unspecified atom stereocenters. The highest BCUT2D eigenvalue weighted by Gasteiger charge is 2.14. The second-order valence-electron chi connectivity index (χ2n) is 4.79. The number of amides is 2. The number of nitrogens with one attached hydrogen (secondary N) is 2. The summed E-state index contributed by atoms with van der Waals surface area (Å²) < 4.78 is 4.92. The molecule has 0 aliphatic carbocycles. The zero-order chi connectivity index (χ0) is 15.0. The minimum absolute atomic E-state index is 0.107. The fourth-order valence-corrected chi connectivity index (χ4v) is 1.58. The zero-order valence-electron chi connectivity index (χ0n) is 12.2. The van der Waals surface area contributed by atoms with Crippen LogP contribution in [0.5, 0.6) is 0 Å². The average molecular weight is 278 g/mol. The third-order valence-electron chi connectivity index (χ3n) is 2.76. The number of benzene rings is 1. The van der Waals surface area contributed by atoms with Crippen molar-refractivity contribution in [2.24, 2.45) is 5.92 Å². The average Bonchev–Trinajstić information content (AvgIpc) is 2.43. The molecule has 1 aromatic rings. The van der Waals surface area contributed by atoms with Crippen LogP contribution in [0.15, 0.2) is 24.3 Å². The standard InChI is InChI=1S/C15H22N2O3/c1-11(2)14(18)17-13-8-5-4-7-12(13)15(19)16-9-6-10-20-3/h4-5,7-8,11H,6,9-10H2,1-3H3,(H,16,19)(H,17,18). The zero-order valence-corrected chi connectivity index (χ0v) is 12.2. The van der Waals surface area contributed by atoms with Gasteiger partial charge in [-0.25, -0.2) is 0 Å². The van der Waals surface area contributed by atoms with Gasteiger partial charge in [0.2, 0.25) is 5.91 Å². The van der Waals surface area contributed by atoms with E-state index in [1.54, 1.807) is 31.4 Å². The number of hydrogen-bond acceptors (Lipinski definition) is 3. The number of carbonyl (C=O) groups is 2. The largest absolute Gasteiger partial charge is 0.385 e. The van der Waals surface area contributed by atoms with E-state index in [0.29, 0.717) is 24.4 Å². The first kappa shape index (κ1) is 16.2. The van der Waals surface area contributed by atoms with Gasteiger partial charge in [-0.15, -0.1) is 0 Å². The maximum absolute atomic E-state index is 12.1. The summed E-state index contributed by atoms with van der Waals surface area (Å²) in [6.45, 7) is 4.76. The summed E-state index contributed by atoms with van der Waals surface area (Å²) >= 11 is 0. The number of anilines is 1. The molecule has 1 rings (SSSR count). The Morgan fingerprint density at radius 2 is 1.95 bits per heavy atom. The van der Waals surface area contributed by atoms with Gasteiger partial charge >= 0.3 is 0 Å². The van der Waals surface area contributed by atoms with Crippen LogP contribution in [0.3, 0.4) is 0 Å². The molecule has 5 nitrogen and oxygen atoms in total. The fourth-order valence-electron chi connectivity index (χ4n) is 1.58. The van der Waals surface area contributed by atoms with Gasteiger partial charge in [0.05, 0.1) is 11.3 Å². The normalized spacial score (nSPS) is 10.4. The van der Waals surface area contributed by atoms with Gasteiger partial charge in [0.15, 0.2) is 0 Å². The first-order chi connectivity index (χ1) is 9.56. The van der Waals surface area contributed by atoms with Crippen LogP contribution in [0.2, 0.25) is 0 Å². The van der Waals surface area contributed by atoms with Gasteiger partial charge in [-0.05, 0) is 18.6 Å². The highest BCUT2D eigenvalue weighted by atomic mass is 16.5. The van der Waals surface area contributed by atoms with Crippen LogP contribution in [-0.2, 0) is 9.53 Å². The Bertz CT molecular complexity index is 458. The van der Waals surface area contributed by atoms with E-state index in [0.717, 1.165) is 6.42 Å². The Morgan fingerprint density at radius 3 is 2.60 bits per heavy atom. The summed E-state index contributed by atoms with van der Waals surface area (Å²) in [5, 5.41) is 5.57. The molecule has 0 bridgehead atoms. The highest BCUT2D eigenvalue weighted by Crippen LogP contribution is 2.15. The smallest absolute Gasteiger partial charge is 0.253 e. The summed E-state index contributed by atoms with van der Waals surface area (Å²) in [6.07, 6.45) is 0.753. The topological polar surface area (TPSA) is 67.4 Å². The van der Waals surface area contributed by atoms with Gasteiger partial charge in [-0.1, -0.05) is 26.0 Å². The first-order valence-corrected chi connectivity index (χ1v) is 6.73. The molecule has 2 N–H and O–H groups in total. The maximum Gasteiger partial charge on any atom is 0.253 e. The molecule has 2 amide bonds. The minimum Gasteiger partial charge on any atom is -0.385 e. The lowest BCUT2D eigenvalue weighted by molar-refractivity contribution is -0.118. The van der Waals surface area contributed by atoms with Crippen molar-refractivity contribution in [2.75, 3.05) is 25.6 Å². The van der Waals surface area contributed by atoms with Crippen LogP contribution >= 0.6 is 0 Å². The van der Waals surface area contributed by atoms with Crippen LogP contribution in [0.25, 0.3) is 0 Å². The van der Waals surface area contributed by atoms with Gasteiger partial charge in [0, 0.05) is 26.2 Å². The molecule has 0 radical (unpaired) electrons. The van der Waals surface area contributed by atoms with Crippen molar-refractivity contribution in [3.63, 3.8) is 0 Å².